The smallest absolute Gasteiger partial charge is 0.166 e. The predicted molar refractivity (Wildman–Crippen MR) is 77.7 cm³/mol. The highest BCUT2D eigenvalue weighted by atomic mass is 19.4. The first-order chi connectivity index (χ1) is 9.91. The van der Waals surface area contributed by atoms with E-state index in [9.17, 15) is 13.2 Å². The maximum Gasteiger partial charge on any atom is 0.413 e. The van der Waals surface area contributed by atoms with Gasteiger partial charge in [-0.2, -0.15) is 13.2 Å². The van der Waals surface area contributed by atoms with E-state index in [4.69, 9.17) is 5.53 Å². The maximum absolute atomic E-state index is 13.3. The van der Waals surface area contributed by atoms with Crippen molar-refractivity contribution in [2.75, 3.05) is 6.54 Å². The minimum atomic E-state index is -4.50. The number of azide groups is 1. The van der Waals surface area contributed by atoms with Crippen LogP contribution in [-0.4, -0.2) is 12.7 Å². The lowest BCUT2D eigenvalue weighted by molar-refractivity contribution is -0.0917. The molecule has 0 bridgehead atoms. The average molecular weight is 297 g/mol. The van der Waals surface area contributed by atoms with Crippen LogP contribution < -0.4 is 0 Å². The van der Waals surface area contributed by atoms with Gasteiger partial charge in [0.1, 0.15) is 0 Å². The Labute approximate surface area is 122 Å². The van der Waals surface area contributed by atoms with Gasteiger partial charge in [0.25, 0.3) is 0 Å². The lowest BCUT2D eigenvalue weighted by atomic mass is 9.91. The van der Waals surface area contributed by atoms with Crippen LogP contribution in [0.2, 0.25) is 0 Å². The van der Waals surface area contributed by atoms with Crippen LogP contribution in [0.25, 0.3) is 16.0 Å². The molecular weight excluding hydrogens is 279 g/mol. The Bertz CT molecular complexity index is 556. The molecular formula is C15H18F3N3. The van der Waals surface area contributed by atoms with Gasteiger partial charge in [0.15, 0.2) is 0 Å². The third kappa shape index (κ3) is 4.83. The van der Waals surface area contributed by atoms with E-state index in [2.05, 4.69) is 10.0 Å². The summed E-state index contributed by atoms with van der Waals surface area (Å²) in [6, 6.07) is 6.97. The van der Waals surface area contributed by atoms with Crippen LogP contribution in [-0.2, 0) is 0 Å². The van der Waals surface area contributed by atoms with Crippen molar-refractivity contribution >= 4 is 5.57 Å². The molecule has 0 N–H and O–H groups in total. The van der Waals surface area contributed by atoms with Gasteiger partial charge in [-0.05, 0) is 42.0 Å². The fourth-order valence-electron chi connectivity index (χ4n) is 2.17. The molecule has 0 aliphatic heterocycles. The van der Waals surface area contributed by atoms with E-state index in [1.54, 1.807) is 31.2 Å². The summed E-state index contributed by atoms with van der Waals surface area (Å²) < 4.78 is 39.9. The zero-order chi connectivity index (χ0) is 15.9. The molecule has 1 aromatic rings. The molecule has 0 unspecified atom stereocenters. The monoisotopic (exact) mass is 297 g/mol. The Morgan fingerprint density at radius 2 is 1.95 bits per heavy atom. The van der Waals surface area contributed by atoms with Gasteiger partial charge >= 0.3 is 6.18 Å². The molecule has 21 heavy (non-hydrogen) atoms. The zero-order valence-corrected chi connectivity index (χ0v) is 12.1. The highest BCUT2D eigenvalue weighted by molar-refractivity contribution is 5.72. The summed E-state index contributed by atoms with van der Waals surface area (Å²) in [7, 11) is 0. The van der Waals surface area contributed by atoms with E-state index < -0.39 is 18.3 Å². The van der Waals surface area contributed by atoms with Gasteiger partial charge in [0.2, 0.25) is 0 Å². The quantitative estimate of drug-likeness (QED) is 0.361. The van der Waals surface area contributed by atoms with Crippen LogP contribution in [0.3, 0.4) is 0 Å². The molecule has 0 saturated carbocycles. The number of nitrogens with zero attached hydrogens (tertiary/aromatic N) is 3. The Balaban J connectivity index is 3.46. The second-order valence-corrected chi connectivity index (χ2v) is 4.76. The number of halogens is 3. The van der Waals surface area contributed by atoms with E-state index in [-0.39, 0.29) is 5.57 Å². The molecule has 3 nitrogen and oxygen atoms in total. The number of rotatable bonds is 6. The first-order valence-corrected chi connectivity index (χ1v) is 6.77. The van der Waals surface area contributed by atoms with E-state index in [1.165, 1.54) is 0 Å². The van der Waals surface area contributed by atoms with Crippen molar-refractivity contribution in [2.24, 2.45) is 5.11 Å². The second kappa shape index (κ2) is 7.74. The van der Waals surface area contributed by atoms with Crippen molar-refractivity contribution in [2.45, 2.75) is 39.3 Å². The molecule has 0 fully saturated rings. The van der Waals surface area contributed by atoms with Crippen LogP contribution in [0.15, 0.2) is 35.0 Å². The van der Waals surface area contributed by atoms with E-state index in [1.807, 2.05) is 6.92 Å². The number of hydrogen-bond acceptors (Lipinski definition) is 1. The summed E-state index contributed by atoms with van der Waals surface area (Å²) in [5.74, 6) is 0. The van der Waals surface area contributed by atoms with Gasteiger partial charge < -0.3 is 0 Å². The SMILES string of the molecule is CCCC/C(=C(/CN=[N+]=[N-])C(F)(F)F)c1ccccc1C. The number of alkyl halides is 3. The molecule has 0 heterocycles. The van der Waals surface area contributed by atoms with Crippen molar-refractivity contribution < 1.29 is 13.2 Å². The Morgan fingerprint density at radius 1 is 1.29 bits per heavy atom. The molecule has 0 saturated heterocycles. The normalized spacial score (nSPS) is 12.6. The molecule has 0 radical (unpaired) electrons. The molecule has 0 spiro atoms. The summed E-state index contributed by atoms with van der Waals surface area (Å²) >= 11 is 0. The van der Waals surface area contributed by atoms with E-state index in [0.717, 1.165) is 12.0 Å². The van der Waals surface area contributed by atoms with Gasteiger partial charge in [-0.25, -0.2) is 0 Å². The molecule has 0 amide bonds. The number of hydrogen-bond donors (Lipinski definition) is 0. The number of aryl methyl sites for hydroxylation is 1. The van der Waals surface area contributed by atoms with E-state index >= 15 is 0 Å². The van der Waals surface area contributed by atoms with Crippen molar-refractivity contribution in [3.05, 3.63) is 51.4 Å². The van der Waals surface area contributed by atoms with Crippen LogP contribution in [0.5, 0.6) is 0 Å². The molecule has 0 aliphatic carbocycles. The Hall–Kier alpha value is -1.94. The number of unbranched alkanes of at least 4 members (excludes halogenated alkanes) is 1. The van der Waals surface area contributed by atoms with Crippen LogP contribution in [0.4, 0.5) is 13.2 Å². The fraction of sp³-hybridized carbons (Fsp3) is 0.467. The van der Waals surface area contributed by atoms with Gasteiger partial charge in [-0.3, -0.25) is 0 Å². The molecule has 0 aliphatic rings. The predicted octanol–water partition coefficient (Wildman–Crippen LogP) is 5.81. The maximum atomic E-state index is 13.3. The fourth-order valence-corrected chi connectivity index (χ4v) is 2.17. The lowest BCUT2D eigenvalue weighted by Crippen LogP contribution is -2.17. The third-order valence-corrected chi connectivity index (χ3v) is 3.25. The molecule has 114 valence electrons. The zero-order valence-electron chi connectivity index (χ0n) is 12.1. The Morgan fingerprint density at radius 3 is 2.48 bits per heavy atom. The summed E-state index contributed by atoms with van der Waals surface area (Å²) in [6.45, 7) is 3.03. The summed E-state index contributed by atoms with van der Waals surface area (Å²) in [5, 5.41) is 3.13. The number of allylic oxidation sites excluding steroid dienone is 1. The Kier molecular flexibility index (Phi) is 6.31. The third-order valence-electron chi connectivity index (χ3n) is 3.25. The molecule has 1 aromatic carbocycles. The topological polar surface area (TPSA) is 48.8 Å². The van der Waals surface area contributed by atoms with Crippen molar-refractivity contribution in [1.82, 2.24) is 0 Å². The molecule has 0 atom stereocenters. The van der Waals surface area contributed by atoms with Crippen LogP contribution in [0.1, 0.15) is 37.3 Å². The first-order valence-electron chi connectivity index (χ1n) is 6.77. The van der Waals surface area contributed by atoms with Gasteiger partial charge in [0, 0.05) is 10.5 Å². The average Bonchev–Trinajstić information content (AvgIpc) is 2.42. The van der Waals surface area contributed by atoms with Crippen LogP contribution >= 0.6 is 0 Å². The summed E-state index contributed by atoms with van der Waals surface area (Å²) in [5.41, 5.74) is 9.18. The standard InChI is InChI=1S/C15H18F3N3/c1-3-4-8-13(12-9-6-5-7-11(12)2)14(10-20-21-19)15(16,17)18/h5-7,9H,3-4,8,10H2,1-2H3/b14-13+. The van der Waals surface area contributed by atoms with E-state index in [0.29, 0.717) is 18.4 Å². The van der Waals surface area contributed by atoms with Crippen LogP contribution in [0, 0.1) is 6.92 Å². The summed E-state index contributed by atoms with van der Waals surface area (Å²) in [4.78, 5) is 2.46. The van der Waals surface area contributed by atoms with Gasteiger partial charge in [0.05, 0.1) is 6.54 Å². The largest absolute Gasteiger partial charge is 0.413 e. The van der Waals surface area contributed by atoms with Gasteiger partial charge in [-0.1, -0.05) is 42.7 Å². The minimum Gasteiger partial charge on any atom is -0.166 e. The first kappa shape index (κ1) is 17.1. The molecule has 1 rings (SSSR count). The highest BCUT2D eigenvalue weighted by Crippen LogP contribution is 2.36. The highest BCUT2D eigenvalue weighted by Gasteiger charge is 2.35. The molecule has 0 aromatic heterocycles. The molecule has 6 heteroatoms. The summed E-state index contributed by atoms with van der Waals surface area (Å²) in [6.07, 6.45) is -2.74. The lowest BCUT2D eigenvalue weighted by Gasteiger charge is -2.18. The van der Waals surface area contributed by atoms with Crippen molar-refractivity contribution in [3.63, 3.8) is 0 Å². The second-order valence-electron chi connectivity index (χ2n) is 4.76. The minimum absolute atomic E-state index is 0.231. The van der Waals surface area contributed by atoms with Crippen molar-refractivity contribution in [3.8, 4) is 0 Å². The number of benzene rings is 1. The van der Waals surface area contributed by atoms with Gasteiger partial charge in [-0.15, -0.1) is 0 Å². The van der Waals surface area contributed by atoms with Crippen molar-refractivity contribution in [1.29, 1.82) is 0 Å².